The Bertz CT molecular complexity index is 1060. The van der Waals surface area contributed by atoms with Crippen molar-refractivity contribution < 1.29 is 29.0 Å². The number of cyclic esters (lactones) is 1. The van der Waals surface area contributed by atoms with E-state index in [1.807, 2.05) is 20.8 Å². The highest BCUT2D eigenvalue weighted by atomic mass is 16.6. The van der Waals surface area contributed by atoms with Gasteiger partial charge in [0, 0.05) is 23.8 Å². The molecule has 6 rings (SSSR count). The monoisotopic (exact) mass is 468 g/mol. The summed E-state index contributed by atoms with van der Waals surface area (Å²) in [5, 5.41) is 11.7. The van der Waals surface area contributed by atoms with Crippen LogP contribution in [0.15, 0.2) is 23.3 Å². The largest absolute Gasteiger partial charge is 0.458 e. The normalized spacial score (nSPS) is 52.4. The van der Waals surface area contributed by atoms with Crippen molar-refractivity contribution in [3.8, 4) is 0 Å². The zero-order valence-electron chi connectivity index (χ0n) is 20.8. The number of Topliss-reactive ketones (excluding diaryl/α,β-unsaturated/α-hetero) is 1. The number of fused-ring (bicyclic) bond motifs is 8. The number of aliphatic hydroxyl groups is 1. The summed E-state index contributed by atoms with van der Waals surface area (Å²) in [5.74, 6) is 0.0467. The molecular weight excluding hydrogens is 432 g/mol. The number of ether oxygens (including phenoxy) is 2. The highest BCUT2D eigenvalue weighted by Crippen LogP contribution is 2.71. The Morgan fingerprint density at radius 2 is 1.82 bits per heavy atom. The molecule has 0 unspecified atom stereocenters. The molecule has 34 heavy (non-hydrogen) atoms. The van der Waals surface area contributed by atoms with E-state index in [4.69, 9.17) is 9.47 Å². The van der Waals surface area contributed by atoms with Crippen molar-refractivity contribution in [1.82, 2.24) is 0 Å². The van der Waals surface area contributed by atoms with E-state index in [9.17, 15) is 19.5 Å². The van der Waals surface area contributed by atoms with Crippen LogP contribution in [-0.2, 0) is 23.9 Å². The average molecular weight is 469 g/mol. The maximum absolute atomic E-state index is 14.0. The summed E-state index contributed by atoms with van der Waals surface area (Å²) >= 11 is 0. The van der Waals surface area contributed by atoms with Gasteiger partial charge in [0.25, 0.3) is 0 Å². The molecule has 1 saturated heterocycles. The topological polar surface area (TPSA) is 93.2 Å². The number of hydrogen-bond acceptors (Lipinski definition) is 6. The van der Waals surface area contributed by atoms with Crippen molar-refractivity contribution in [2.24, 2.45) is 40.4 Å². The van der Waals surface area contributed by atoms with Gasteiger partial charge in [0.05, 0.1) is 11.5 Å². The Morgan fingerprint density at radius 3 is 2.53 bits per heavy atom. The van der Waals surface area contributed by atoms with Crippen molar-refractivity contribution in [2.75, 3.05) is 0 Å². The Hall–Kier alpha value is -1.79. The molecule has 184 valence electrons. The summed E-state index contributed by atoms with van der Waals surface area (Å²) in [6.45, 7) is 9.94. The second-order valence-corrected chi connectivity index (χ2v) is 12.4. The highest BCUT2D eigenvalue weighted by molar-refractivity contribution is 5.98. The van der Waals surface area contributed by atoms with Crippen molar-refractivity contribution in [2.45, 2.75) is 90.6 Å². The van der Waals surface area contributed by atoms with Gasteiger partial charge in [-0.25, -0.2) is 4.79 Å². The zero-order valence-corrected chi connectivity index (χ0v) is 20.8. The third-order valence-corrected chi connectivity index (χ3v) is 11.4. The van der Waals surface area contributed by atoms with Gasteiger partial charge in [-0.1, -0.05) is 25.5 Å². The Labute approximate surface area is 201 Å². The first-order valence-corrected chi connectivity index (χ1v) is 13.0. The smallest absolute Gasteiger partial charge is 0.333 e. The van der Waals surface area contributed by atoms with Crippen LogP contribution in [0.2, 0.25) is 0 Å². The molecule has 0 aromatic rings. The Morgan fingerprint density at radius 1 is 1.09 bits per heavy atom. The lowest BCUT2D eigenvalue weighted by molar-refractivity contribution is -0.184. The lowest BCUT2D eigenvalue weighted by Gasteiger charge is -2.59. The molecule has 0 aromatic carbocycles. The van der Waals surface area contributed by atoms with Gasteiger partial charge in [0.2, 0.25) is 0 Å². The zero-order chi connectivity index (χ0) is 24.4. The second-order valence-electron chi connectivity index (χ2n) is 12.4. The number of carbonyl (C=O) groups excluding carboxylic acids is 3. The van der Waals surface area contributed by atoms with Crippen LogP contribution < -0.4 is 0 Å². The molecule has 4 fully saturated rings. The van der Waals surface area contributed by atoms with Crippen molar-refractivity contribution in [3.63, 3.8) is 0 Å². The van der Waals surface area contributed by atoms with E-state index in [0.29, 0.717) is 18.4 Å². The predicted molar refractivity (Wildman–Crippen MR) is 123 cm³/mol. The Balaban J connectivity index is 1.34. The fourth-order valence-corrected chi connectivity index (χ4v) is 9.04. The van der Waals surface area contributed by atoms with E-state index in [1.54, 1.807) is 12.2 Å². The van der Waals surface area contributed by atoms with E-state index in [1.165, 1.54) is 0 Å². The molecule has 1 N–H and O–H groups in total. The molecule has 0 amide bonds. The van der Waals surface area contributed by atoms with Crippen LogP contribution in [0.3, 0.4) is 0 Å². The first-order chi connectivity index (χ1) is 16.0. The van der Waals surface area contributed by atoms with Gasteiger partial charge in [-0.3, -0.25) is 9.59 Å². The molecule has 4 aliphatic carbocycles. The number of rotatable bonds is 2. The number of ketones is 2. The summed E-state index contributed by atoms with van der Waals surface area (Å²) in [4.78, 5) is 39.7. The number of esters is 1. The lowest BCUT2D eigenvalue weighted by atomic mass is 9.43. The summed E-state index contributed by atoms with van der Waals surface area (Å²) in [6, 6.07) is 0. The molecule has 2 heterocycles. The number of carbonyl (C=O) groups is 3. The molecule has 11 atom stereocenters. The number of epoxide rings is 1. The van der Waals surface area contributed by atoms with Gasteiger partial charge in [0.1, 0.15) is 23.6 Å². The number of hydrogen-bond donors (Lipinski definition) is 1. The van der Waals surface area contributed by atoms with Crippen LogP contribution in [0.1, 0.15) is 66.7 Å². The van der Waals surface area contributed by atoms with Crippen LogP contribution in [0.4, 0.5) is 0 Å². The van der Waals surface area contributed by atoms with E-state index >= 15 is 0 Å². The maximum Gasteiger partial charge on any atom is 0.333 e. The fraction of sp³-hybridized carbons (Fsp3) is 0.750. The molecule has 2 aliphatic heterocycles. The van der Waals surface area contributed by atoms with E-state index in [0.717, 1.165) is 24.8 Å². The van der Waals surface area contributed by atoms with Crippen LogP contribution >= 0.6 is 0 Å². The van der Waals surface area contributed by atoms with E-state index < -0.39 is 16.4 Å². The molecular formula is C28H36O6. The van der Waals surface area contributed by atoms with Gasteiger partial charge < -0.3 is 14.6 Å². The van der Waals surface area contributed by atoms with Crippen LogP contribution in [0.25, 0.3) is 0 Å². The number of allylic oxidation sites excluding steroid dienone is 1. The average Bonchev–Trinajstić information content (AvgIpc) is 3.51. The SMILES string of the molecule is CC1=C(C)C(=O)O[C@@H]([C@@H](C)[C@H]2CC[C@H]3[C@@H]4[C@@H]5O[C@@H]5[C@@]5(O)CC=CC(=O)[C@]5(C)[C@@H]4CC(=O)[C@]23C)C1. The summed E-state index contributed by atoms with van der Waals surface area (Å²) in [6.07, 6.45) is 5.93. The van der Waals surface area contributed by atoms with E-state index in [2.05, 4.69) is 13.8 Å². The van der Waals surface area contributed by atoms with Gasteiger partial charge in [0.15, 0.2) is 5.78 Å². The van der Waals surface area contributed by atoms with Crippen LogP contribution in [0, 0.1) is 40.4 Å². The van der Waals surface area contributed by atoms with E-state index in [-0.39, 0.29) is 65.4 Å². The lowest BCUT2D eigenvalue weighted by Crippen LogP contribution is -2.68. The third-order valence-electron chi connectivity index (χ3n) is 11.4. The third kappa shape index (κ3) is 2.52. The Kier molecular flexibility index (Phi) is 4.60. The van der Waals surface area contributed by atoms with Crippen LogP contribution in [0.5, 0.6) is 0 Å². The van der Waals surface area contributed by atoms with Crippen molar-refractivity contribution in [3.05, 3.63) is 23.3 Å². The molecule has 0 radical (unpaired) electrons. The molecule has 6 heteroatoms. The van der Waals surface area contributed by atoms with Gasteiger partial charge >= 0.3 is 5.97 Å². The molecule has 0 aromatic heterocycles. The second kappa shape index (κ2) is 6.91. The minimum atomic E-state index is -1.23. The molecule has 0 spiro atoms. The summed E-state index contributed by atoms with van der Waals surface area (Å²) in [5.41, 5.74) is -1.00. The molecule has 3 saturated carbocycles. The fourth-order valence-electron chi connectivity index (χ4n) is 9.04. The minimum Gasteiger partial charge on any atom is -0.458 e. The van der Waals surface area contributed by atoms with Crippen molar-refractivity contribution in [1.29, 1.82) is 0 Å². The van der Waals surface area contributed by atoms with Gasteiger partial charge in [-0.15, -0.1) is 0 Å². The summed E-state index contributed by atoms with van der Waals surface area (Å²) in [7, 11) is 0. The molecule has 6 aliphatic rings. The maximum atomic E-state index is 14.0. The molecule has 0 bridgehead atoms. The standard InChI is InChI=1S/C28H36O6/c1-13-11-19(33-25(31)14(13)2)15(3)16-8-9-17-22-18(12-21(30)26(16,17)4)27(5)20(29)7-6-10-28(27,32)24-23(22)34-24/h6-7,15-19,22-24,32H,8-12H2,1-5H3/t15-,16+,17-,18+,19+,22-,23-,24-,26+,27-,28-/m0/s1. The van der Waals surface area contributed by atoms with Gasteiger partial charge in [-0.05, 0) is 75.7 Å². The predicted octanol–water partition coefficient (Wildman–Crippen LogP) is 3.56. The quantitative estimate of drug-likeness (QED) is 0.492. The highest BCUT2D eigenvalue weighted by Gasteiger charge is 2.78. The summed E-state index contributed by atoms with van der Waals surface area (Å²) < 4.78 is 12.0. The first-order valence-electron chi connectivity index (χ1n) is 13.0. The van der Waals surface area contributed by atoms with Crippen molar-refractivity contribution >= 4 is 17.5 Å². The van der Waals surface area contributed by atoms with Gasteiger partial charge in [-0.2, -0.15) is 0 Å². The first kappa shape index (κ1) is 22.7. The van der Waals surface area contributed by atoms with Crippen LogP contribution in [-0.4, -0.2) is 46.6 Å². The minimum absolute atomic E-state index is 0.0637. The molecule has 6 nitrogen and oxygen atoms in total.